The number of hydrogen-bond acceptors (Lipinski definition) is 5. The van der Waals surface area contributed by atoms with E-state index in [4.69, 9.17) is 4.74 Å². The largest absolute Gasteiger partial charge is 0.479 e. The molecule has 34 heavy (non-hydrogen) atoms. The summed E-state index contributed by atoms with van der Waals surface area (Å²) in [5, 5.41) is 22.2. The van der Waals surface area contributed by atoms with E-state index in [1.807, 2.05) is 43.3 Å². The van der Waals surface area contributed by atoms with Gasteiger partial charge in [-0.05, 0) is 41.5 Å². The van der Waals surface area contributed by atoms with Gasteiger partial charge >= 0.3 is 12.1 Å². The summed E-state index contributed by atoms with van der Waals surface area (Å²) in [5.41, 5.74) is 2.60. The molecule has 180 valence electrons. The molecule has 2 unspecified atom stereocenters. The molecule has 0 radical (unpaired) electrons. The monoisotopic (exact) mass is 466 g/mol. The molecule has 2 aromatic carbocycles. The predicted octanol–water partition coefficient (Wildman–Crippen LogP) is 2.99. The first kappa shape index (κ1) is 23.8. The van der Waals surface area contributed by atoms with Crippen LogP contribution in [0.4, 0.5) is 4.79 Å². The summed E-state index contributed by atoms with van der Waals surface area (Å²) in [6, 6.07) is 16.2. The molecule has 0 spiro atoms. The number of piperidine rings is 1. The minimum atomic E-state index is -1.92. The lowest BCUT2D eigenvalue weighted by atomic mass is 9.91. The van der Waals surface area contributed by atoms with Crippen LogP contribution in [-0.4, -0.2) is 64.9 Å². The molecule has 3 N–H and O–H groups in total. The molecule has 2 aliphatic rings. The molecule has 1 aliphatic heterocycles. The number of hydrogen-bond donors (Lipinski definition) is 3. The van der Waals surface area contributed by atoms with Crippen molar-refractivity contribution < 1.29 is 29.3 Å². The predicted molar refractivity (Wildman–Crippen MR) is 125 cm³/mol. The second kappa shape index (κ2) is 9.85. The van der Waals surface area contributed by atoms with Crippen molar-refractivity contribution in [3.63, 3.8) is 0 Å². The fraction of sp³-hybridized carbons (Fsp3) is 0.423. The topological polar surface area (TPSA) is 116 Å². The van der Waals surface area contributed by atoms with Gasteiger partial charge in [0.1, 0.15) is 6.61 Å². The maximum Gasteiger partial charge on any atom is 0.407 e. The van der Waals surface area contributed by atoms with Crippen LogP contribution in [-0.2, 0) is 14.3 Å². The van der Waals surface area contributed by atoms with Crippen LogP contribution >= 0.6 is 0 Å². The number of carbonyl (C=O) groups is 3. The fourth-order valence-electron chi connectivity index (χ4n) is 4.92. The molecule has 4 rings (SSSR count). The van der Waals surface area contributed by atoms with Gasteiger partial charge in [-0.2, -0.15) is 0 Å². The first-order valence-corrected chi connectivity index (χ1v) is 11.7. The van der Waals surface area contributed by atoms with Crippen LogP contribution in [0.25, 0.3) is 11.1 Å². The quantitative estimate of drug-likeness (QED) is 0.578. The molecular formula is C26H30N2O6. The lowest BCUT2D eigenvalue weighted by molar-refractivity contribution is -0.167. The molecule has 1 saturated heterocycles. The zero-order valence-corrected chi connectivity index (χ0v) is 19.2. The SMILES string of the molecule is CCC(CNC(=O)OCC1c2ccccc2-c2ccccc21)C(=O)N1CCCC(O)(C(=O)O)C1. The fourth-order valence-corrected chi connectivity index (χ4v) is 4.92. The zero-order chi connectivity index (χ0) is 24.3. The van der Waals surface area contributed by atoms with Crippen LogP contribution in [0.5, 0.6) is 0 Å². The molecule has 1 heterocycles. The van der Waals surface area contributed by atoms with Crippen molar-refractivity contribution in [2.75, 3.05) is 26.2 Å². The van der Waals surface area contributed by atoms with Crippen molar-refractivity contribution in [3.05, 3.63) is 59.7 Å². The van der Waals surface area contributed by atoms with Crippen molar-refractivity contribution in [1.82, 2.24) is 10.2 Å². The third-order valence-electron chi connectivity index (χ3n) is 6.86. The van der Waals surface area contributed by atoms with Crippen LogP contribution < -0.4 is 5.32 Å². The molecule has 8 heteroatoms. The number of likely N-dealkylation sites (tertiary alicyclic amines) is 1. The van der Waals surface area contributed by atoms with E-state index < -0.39 is 23.6 Å². The molecule has 0 aromatic heterocycles. The van der Waals surface area contributed by atoms with E-state index in [0.29, 0.717) is 19.4 Å². The van der Waals surface area contributed by atoms with Gasteiger partial charge < -0.3 is 25.2 Å². The van der Waals surface area contributed by atoms with Gasteiger partial charge in [-0.1, -0.05) is 55.5 Å². The zero-order valence-electron chi connectivity index (χ0n) is 19.2. The average molecular weight is 467 g/mol. The summed E-state index contributed by atoms with van der Waals surface area (Å²) < 4.78 is 5.53. The maximum atomic E-state index is 12.9. The number of fused-ring (bicyclic) bond motifs is 3. The Kier molecular flexibility index (Phi) is 6.88. The van der Waals surface area contributed by atoms with Gasteiger partial charge in [-0.3, -0.25) is 4.79 Å². The minimum Gasteiger partial charge on any atom is -0.479 e. The molecule has 8 nitrogen and oxygen atoms in total. The van der Waals surface area contributed by atoms with Crippen molar-refractivity contribution in [2.45, 2.75) is 37.7 Å². The normalized spacial score (nSPS) is 20.2. The number of nitrogens with zero attached hydrogens (tertiary/aromatic N) is 1. The van der Waals surface area contributed by atoms with Gasteiger partial charge in [0.05, 0.1) is 12.5 Å². The van der Waals surface area contributed by atoms with E-state index in [0.717, 1.165) is 22.3 Å². The van der Waals surface area contributed by atoms with Crippen LogP contribution in [0, 0.1) is 5.92 Å². The van der Waals surface area contributed by atoms with Gasteiger partial charge in [0, 0.05) is 19.0 Å². The van der Waals surface area contributed by atoms with Crippen molar-refractivity contribution in [1.29, 1.82) is 0 Å². The third kappa shape index (κ3) is 4.63. The molecule has 0 bridgehead atoms. The minimum absolute atomic E-state index is 0.0520. The van der Waals surface area contributed by atoms with Gasteiger partial charge in [0.2, 0.25) is 5.91 Å². The summed E-state index contributed by atoms with van der Waals surface area (Å²) in [6.07, 6.45) is 0.379. The Morgan fingerprint density at radius 1 is 1.12 bits per heavy atom. The Hall–Kier alpha value is -3.39. The molecule has 1 aliphatic carbocycles. The maximum absolute atomic E-state index is 12.9. The van der Waals surface area contributed by atoms with Crippen molar-refractivity contribution in [2.24, 2.45) is 5.92 Å². The number of carboxylic acid groups (broad SMARTS) is 1. The lowest BCUT2D eigenvalue weighted by Gasteiger charge is -2.37. The Morgan fingerprint density at radius 2 is 1.74 bits per heavy atom. The number of nitrogens with one attached hydrogen (secondary N) is 1. The number of carboxylic acids is 1. The number of alkyl carbamates (subject to hydrolysis) is 1. The number of aliphatic hydroxyl groups is 1. The second-order valence-electron chi connectivity index (χ2n) is 9.01. The van der Waals surface area contributed by atoms with Crippen LogP contribution in [0.15, 0.2) is 48.5 Å². The second-order valence-corrected chi connectivity index (χ2v) is 9.01. The summed E-state index contributed by atoms with van der Waals surface area (Å²) >= 11 is 0. The first-order chi connectivity index (χ1) is 16.3. The van der Waals surface area contributed by atoms with E-state index >= 15 is 0 Å². The highest BCUT2D eigenvalue weighted by molar-refractivity contribution is 5.83. The number of amides is 2. The summed E-state index contributed by atoms with van der Waals surface area (Å²) in [7, 11) is 0. The van der Waals surface area contributed by atoms with E-state index in [2.05, 4.69) is 17.4 Å². The van der Waals surface area contributed by atoms with E-state index in [9.17, 15) is 24.6 Å². The Labute approximate surface area is 198 Å². The Balaban J connectivity index is 1.33. The highest BCUT2D eigenvalue weighted by atomic mass is 16.5. The standard InChI is InChI=1S/C26H30N2O6/c1-2-17(23(29)28-13-7-12-26(33,16-28)24(30)31)14-27-25(32)34-15-22-20-10-5-3-8-18(20)19-9-4-6-11-21(19)22/h3-6,8-11,17,22,33H,2,7,12-16H2,1H3,(H,27,32)(H,30,31). The summed E-state index contributed by atoms with van der Waals surface area (Å²) in [6.45, 7) is 2.23. The summed E-state index contributed by atoms with van der Waals surface area (Å²) in [5.74, 6) is -2.18. The number of β-amino-alcohol motifs (C(OH)–C–C–N with tert-alkyl or cyclic N) is 1. The van der Waals surface area contributed by atoms with Crippen molar-refractivity contribution >= 4 is 18.0 Å². The van der Waals surface area contributed by atoms with Crippen LogP contribution in [0.3, 0.4) is 0 Å². The molecule has 0 saturated carbocycles. The van der Waals surface area contributed by atoms with Crippen molar-refractivity contribution in [3.8, 4) is 11.1 Å². The van der Waals surface area contributed by atoms with Gasteiger partial charge in [-0.15, -0.1) is 0 Å². The molecule has 2 amide bonds. The van der Waals surface area contributed by atoms with E-state index in [-0.39, 0.29) is 37.9 Å². The average Bonchev–Trinajstić information content (AvgIpc) is 3.16. The molecule has 1 fully saturated rings. The van der Waals surface area contributed by atoms with Gasteiger partial charge in [0.25, 0.3) is 0 Å². The molecule has 2 atom stereocenters. The Bertz CT molecular complexity index is 1040. The lowest BCUT2D eigenvalue weighted by Crippen LogP contribution is -2.56. The van der Waals surface area contributed by atoms with Gasteiger partial charge in [-0.25, -0.2) is 9.59 Å². The number of ether oxygens (including phenoxy) is 1. The number of benzene rings is 2. The van der Waals surface area contributed by atoms with E-state index in [1.54, 1.807) is 0 Å². The highest BCUT2D eigenvalue weighted by Crippen LogP contribution is 2.44. The number of aliphatic carboxylic acids is 1. The summed E-state index contributed by atoms with van der Waals surface area (Å²) in [4.78, 5) is 38.1. The third-order valence-corrected chi connectivity index (χ3v) is 6.86. The van der Waals surface area contributed by atoms with Crippen LogP contribution in [0.2, 0.25) is 0 Å². The van der Waals surface area contributed by atoms with E-state index in [1.165, 1.54) is 4.90 Å². The Morgan fingerprint density at radius 3 is 2.32 bits per heavy atom. The van der Waals surface area contributed by atoms with Crippen LogP contribution in [0.1, 0.15) is 43.2 Å². The smallest absolute Gasteiger partial charge is 0.407 e. The first-order valence-electron chi connectivity index (χ1n) is 11.7. The van der Waals surface area contributed by atoms with Gasteiger partial charge in [0.15, 0.2) is 5.60 Å². The number of carbonyl (C=O) groups excluding carboxylic acids is 2. The highest BCUT2D eigenvalue weighted by Gasteiger charge is 2.42. The molecular weight excluding hydrogens is 436 g/mol. The molecule has 2 aromatic rings. The number of rotatable bonds is 7.